The number of ether oxygens (including phenoxy) is 1. The fraction of sp³-hybridized carbons (Fsp3) is 0.739. The Labute approximate surface area is 180 Å². The number of carbonyl (C=O) groups is 1. The van der Waals surface area contributed by atoms with Crippen LogP contribution in [0.1, 0.15) is 56.4 Å². The van der Waals surface area contributed by atoms with Gasteiger partial charge in [0.05, 0.1) is 23.7 Å². The van der Waals surface area contributed by atoms with Crippen LogP contribution < -0.4 is 0 Å². The number of hydrogen-bond donors (Lipinski definition) is 0. The molecule has 8 heteroatoms. The number of morpholine rings is 1. The highest BCUT2D eigenvalue weighted by molar-refractivity contribution is 5.83. The van der Waals surface area contributed by atoms with E-state index in [2.05, 4.69) is 23.7 Å². The van der Waals surface area contributed by atoms with Crippen LogP contribution in [0.4, 0.5) is 13.2 Å². The Morgan fingerprint density at radius 2 is 2.13 bits per heavy atom. The molecule has 4 aliphatic rings. The minimum absolute atomic E-state index is 0.105. The first-order chi connectivity index (χ1) is 14.7. The van der Waals surface area contributed by atoms with Crippen molar-refractivity contribution in [3.8, 4) is 0 Å². The summed E-state index contributed by atoms with van der Waals surface area (Å²) >= 11 is 0. The SMILES string of the molecule is CC(C)[C@]1(C(=O)N2CCc3ncc(C(F)(F)F)cc3C2)CCC(N2C[C@@H]3C[C@@H]2CO3)C1. The number of rotatable bonds is 3. The standard InChI is InChI=1S/C23H30F3N3O2/c1-14(2)22(5-3-17(9-22)29-12-19-8-18(29)13-31-19)21(30)28-6-4-20-15(11-28)7-16(10-27-20)23(24,25)26/h7,10,14,17-19H,3-6,8-9,11-13H2,1-2H3/t17?,18-,19+,22+/m1/s1. The monoisotopic (exact) mass is 437 g/mol. The molecule has 0 aromatic carbocycles. The van der Waals surface area contributed by atoms with Gasteiger partial charge >= 0.3 is 6.18 Å². The van der Waals surface area contributed by atoms with Crippen molar-refractivity contribution in [3.63, 3.8) is 0 Å². The summed E-state index contributed by atoms with van der Waals surface area (Å²) in [5, 5.41) is 0. The van der Waals surface area contributed by atoms with Gasteiger partial charge in [0.1, 0.15) is 0 Å². The summed E-state index contributed by atoms with van der Waals surface area (Å²) in [5.74, 6) is 0.288. The maximum atomic E-state index is 13.8. The van der Waals surface area contributed by atoms with Crippen LogP contribution in [0.15, 0.2) is 12.3 Å². The average molecular weight is 438 g/mol. The molecule has 1 aromatic rings. The third-order valence-electron chi connectivity index (χ3n) is 8.12. The summed E-state index contributed by atoms with van der Waals surface area (Å²) in [5.41, 5.74) is 0.0104. The van der Waals surface area contributed by atoms with E-state index in [0.717, 1.165) is 45.0 Å². The normalized spacial score (nSPS) is 33.4. The van der Waals surface area contributed by atoms with Crippen LogP contribution in [0.3, 0.4) is 0 Å². The summed E-state index contributed by atoms with van der Waals surface area (Å²) in [4.78, 5) is 22.2. The molecule has 1 amide bonds. The number of pyridine rings is 1. The lowest BCUT2D eigenvalue weighted by Gasteiger charge is -2.40. The van der Waals surface area contributed by atoms with Crippen molar-refractivity contribution in [1.29, 1.82) is 0 Å². The Kier molecular flexibility index (Phi) is 5.09. The molecule has 0 N–H and O–H groups in total. The first-order valence-electron chi connectivity index (χ1n) is 11.4. The number of halogens is 3. The molecule has 2 saturated heterocycles. The first kappa shape index (κ1) is 21.2. The molecule has 1 saturated carbocycles. The van der Waals surface area contributed by atoms with Crippen molar-refractivity contribution in [3.05, 3.63) is 29.1 Å². The Morgan fingerprint density at radius 1 is 1.32 bits per heavy atom. The van der Waals surface area contributed by atoms with Gasteiger partial charge in [0.15, 0.2) is 0 Å². The van der Waals surface area contributed by atoms with Gasteiger partial charge in [-0.2, -0.15) is 13.2 Å². The topological polar surface area (TPSA) is 45.7 Å². The van der Waals surface area contributed by atoms with Crippen LogP contribution in [0, 0.1) is 11.3 Å². The molecule has 5 rings (SSSR count). The summed E-state index contributed by atoms with van der Waals surface area (Å²) in [6.45, 7) is 6.71. The van der Waals surface area contributed by atoms with Gasteiger partial charge in [-0.3, -0.25) is 14.7 Å². The smallest absolute Gasteiger partial charge is 0.375 e. The van der Waals surface area contributed by atoms with Gasteiger partial charge in [-0.25, -0.2) is 0 Å². The number of carbonyl (C=O) groups excluding carboxylic acids is 1. The van der Waals surface area contributed by atoms with Crippen molar-refractivity contribution < 1.29 is 22.7 Å². The minimum Gasteiger partial charge on any atom is -0.375 e. The number of fused-ring (bicyclic) bond motifs is 3. The van der Waals surface area contributed by atoms with Crippen LogP contribution in [0.5, 0.6) is 0 Å². The minimum atomic E-state index is -4.43. The molecule has 1 aromatic heterocycles. The van der Waals surface area contributed by atoms with Crippen LogP contribution in [-0.4, -0.2) is 58.6 Å². The molecule has 3 aliphatic heterocycles. The van der Waals surface area contributed by atoms with Crippen LogP contribution in [-0.2, 0) is 28.7 Å². The van der Waals surface area contributed by atoms with Gasteiger partial charge in [-0.15, -0.1) is 0 Å². The average Bonchev–Trinajstić information content (AvgIpc) is 3.47. The second kappa shape index (κ2) is 7.44. The lowest BCUT2D eigenvalue weighted by Crippen LogP contribution is -2.49. The van der Waals surface area contributed by atoms with E-state index in [1.165, 1.54) is 6.07 Å². The molecule has 1 aliphatic carbocycles. The number of amides is 1. The molecular weight excluding hydrogens is 407 g/mol. The Hall–Kier alpha value is -1.67. The van der Waals surface area contributed by atoms with Gasteiger partial charge in [-0.1, -0.05) is 13.8 Å². The highest BCUT2D eigenvalue weighted by Gasteiger charge is 2.53. The molecule has 4 atom stereocenters. The lowest BCUT2D eigenvalue weighted by atomic mass is 9.73. The quantitative estimate of drug-likeness (QED) is 0.724. The van der Waals surface area contributed by atoms with Gasteiger partial charge in [-0.05, 0) is 43.2 Å². The molecule has 0 radical (unpaired) electrons. The van der Waals surface area contributed by atoms with Crippen molar-refractivity contribution >= 4 is 5.91 Å². The Morgan fingerprint density at radius 3 is 2.77 bits per heavy atom. The van der Waals surface area contributed by atoms with Gasteiger partial charge < -0.3 is 9.64 Å². The van der Waals surface area contributed by atoms with E-state index in [4.69, 9.17) is 4.74 Å². The molecule has 4 heterocycles. The number of nitrogens with zero attached hydrogens (tertiary/aromatic N) is 3. The van der Waals surface area contributed by atoms with Gasteiger partial charge in [0.2, 0.25) is 5.91 Å². The van der Waals surface area contributed by atoms with E-state index in [0.29, 0.717) is 42.4 Å². The van der Waals surface area contributed by atoms with E-state index < -0.39 is 17.2 Å². The molecule has 170 valence electrons. The Bertz CT molecular complexity index is 874. The molecule has 0 spiro atoms. The van der Waals surface area contributed by atoms with Crippen molar-refractivity contribution in [2.24, 2.45) is 11.3 Å². The van der Waals surface area contributed by atoms with Crippen molar-refractivity contribution in [2.75, 3.05) is 19.7 Å². The van der Waals surface area contributed by atoms with E-state index >= 15 is 0 Å². The van der Waals surface area contributed by atoms with Crippen molar-refractivity contribution in [1.82, 2.24) is 14.8 Å². The zero-order chi connectivity index (χ0) is 22.0. The zero-order valence-corrected chi connectivity index (χ0v) is 18.1. The fourth-order valence-corrected chi connectivity index (χ4v) is 6.24. The Balaban J connectivity index is 1.35. The van der Waals surface area contributed by atoms with Gasteiger partial charge in [0, 0.05) is 50.0 Å². The van der Waals surface area contributed by atoms with Crippen LogP contribution in [0.2, 0.25) is 0 Å². The number of hydrogen-bond acceptors (Lipinski definition) is 4. The molecule has 2 bridgehead atoms. The highest BCUT2D eigenvalue weighted by atomic mass is 19.4. The lowest BCUT2D eigenvalue weighted by molar-refractivity contribution is -0.146. The highest BCUT2D eigenvalue weighted by Crippen LogP contribution is 2.49. The molecule has 5 nitrogen and oxygen atoms in total. The summed E-state index contributed by atoms with van der Waals surface area (Å²) in [6.07, 6.45) is 1.08. The van der Waals surface area contributed by atoms with E-state index in [1.54, 1.807) is 4.90 Å². The molecule has 31 heavy (non-hydrogen) atoms. The molecule has 1 unspecified atom stereocenters. The van der Waals surface area contributed by atoms with Gasteiger partial charge in [0.25, 0.3) is 0 Å². The maximum absolute atomic E-state index is 13.8. The predicted molar refractivity (Wildman–Crippen MR) is 108 cm³/mol. The molecule has 3 fully saturated rings. The van der Waals surface area contributed by atoms with E-state index in [1.807, 2.05) is 0 Å². The predicted octanol–water partition coefficient (Wildman–Crippen LogP) is 3.65. The van der Waals surface area contributed by atoms with Crippen LogP contribution in [0.25, 0.3) is 0 Å². The second-order valence-corrected chi connectivity index (χ2v) is 10.1. The largest absolute Gasteiger partial charge is 0.417 e. The second-order valence-electron chi connectivity index (χ2n) is 10.1. The first-order valence-corrected chi connectivity index (χ1v) is 11.4. The third kappa shape index (κ3) is 3.55. The summed E-state index contributed by atoms with van der Waals surface area (Å²) in [6, 6.07) is 2.03. The fourth-order valence-electron chi connectivity index (χ4n) is 6.24. The van der Waals surface area contributed by atoms with E-state index in [-0.39, 0.29) is 18.4 Å². The summed E-state index contributed by atoms with van der Waals surface area (Å²) in [7, 11) is 0. The number of likely N-dealkylation sites (tertiary alicyclic amines) is 1. The van der Waals surface area contributed by atoms with E-state index in [9.17, 15) is 18.0 Å². The zero-order valence-electron chi connectivity index (χ0n) is 18.1. The van der Waals surface area contributed by atoms with Crippen molar-refractivity contribution in [2.45, 2.75) is 76.9 Å². The maximum Gasteiger partial charge on any atom is 0.417 e. The number of alkyl halides is 3. The van der Waals surface area contributed by atoms with Crippen LogP contribution >= 0.6 is 0 Å². The third-order valence-corrected chi connectivity index (χ3v) is 8.12. The number of aromatic nitrogens is 1. The summed E-state index contributed by atoms with van der Waals surface area (Å²) < 4.78 is 45.2. The molecular formula is C23H30F3N3O2.